The van der Waals surface area contributed by atoms with E-state index in [0.717, 1.165) is 31.8 Å². The van der Waals surface area contributed by atoms with Gasteiger partial charge in [0.1, 0.15) is 0 Å². The van der Waals surface area contributed by atoms with Gasteiger partial charge in [-0.15, -0.1) is 12.4 Å². The number of nitrogens with zero attached hydrogens (tertiary/aromatic N) is 1. The van der Waals surface area contributed by atoms with E-state index in [1.54, 1.807) is 12.1 Å². The molecule has 0 bridgehead atoms. The number of hydrogen-bond donors (Lipinski definition) is 0. The van der Waals surface area contributed by atoms with Crippen molar-refractivity contribution in [2.24, 2.45) is 5.92 Å². The molecule has 2 N–H and O–H groups in total. The Morgan fingerprint density at radius 1 is 1.00 bits per heavy atom. The molecule has 0 unspecified atom stereocenters. The van der Waals surface area contributed by atoms with E-state index in [2.05, 4.69) is 35.2 Å². The van der Waals surface area contributed by atoms with Crippen molar-refractivity contribution in [2.45, 2.75) is 26.0 Å². The zero-order chi connectivity index (χ0) is 18.2. The highest BCUT2D eigenvalue weighted by atomic mass is 35.5. The molecular formula is C22H30ClNO4. The molecule has 1 saturated heterocycles. The molecular weight excluding hydrogens is 378 g/mol. The molecule has 3 rings (SSSR count). The van der Waals surface area contributed by atoms with Crippen LogP contribution in [-0.2, 0) is 22.6 Å². The van der Waals surface area contributed by atoms with Crippen molar-refractivity contribution in [2.75, 3.05) is 26.8 Å². The Kier molecular flexibility index (Phi) is 10.8. The van der Waals surface area contributed by atoms with Crippen molar-refractivity contribution in [1.29, 1.82) is 0 Å². The zero-order valence-electron chi connectivity index (χ0n) is 16.3. The summed E-state index contributed by atoms with van der Waals surface area (Å²) in [5.41, 5.74) is 3.04. The van der Waals surface area contributed by atoms with Crippen molar-refractivity contribution < 1.29 is 19.7 Å². The molecule has 0 spiro atoms. The molecule has 0 saturated carbocycles. The summed E-state index contributed by atoms with van der Waals surface area (Å²) < 4.78 is 10.6. The Hall–Kier alpha value is -1.92. The largest absolute Gasteiger partial charge is 0.465 e. The summed E-state index contributed by atoms with van der Waals surface area (Å²) in [5.74, 6) is 0.330. The van der Waals surface area contributed by atoms with Crippen molar-refractivity contribution in [3.8, 4) is 0 Å². The minimum absolute atomic E-state index is 0. The molecule has 28 heavy (non-hydrogen) atoms. The van der Waals surface area contributed by atoms with Crippen LogP contribution in [0.25, 0.3) is 0 Å². The third kappa shape index (κ3) is 7.24. The number of benzene rings is 2. The molecule has 1 aliphatic heterocycles. The summed E-state index contributed by atoms with van der Waals surface area (Å²) in [6.07, 6.45) is 2.38. The molecule has 1 aliphatic rings. The van der Waals surface area contributed by atoms with Crippen LogP contribution in [0, 0.1) is 5.92 Å². The maximum absolute atomic E-state index is 11.4. The quantitative estimate of drug-likeness (QED) is 0.658. The maximum atomic E-state index is 11.4. The third-order valence-electron chi connectivity index (χ3n) is 4.95. The average Bonchev–Trinajstić information content (AvgIpc) is 2.70. The molecule has 1 fully saturated rings. The topological polar surface area (TPSA) is 70.3 Å². The van der Waals surface area contributed by atoms with Crippen LogP contribution in [0.5, 0.6) is 0 Å². The lowest BCUT2D eigenvalue weighted by Crippen LogP contribution is -2.34. The molecule has 2 aromatic carbocycles. The molecule has 0 amide bonds. The molecule has 2 aromatic rings. The van der Waals surface area contributed by atoms with Gasteiger partial charge in [-0.25, -0.2) is 4.79 Å². The van der Waals surface area contributed by atoms with Gasteiger partial charge < -0.3 is 14.9 Å². The number of esters is 1. The molecule has 6 heteroatoms. The molecule has 1 heterocycles. The molecule has 0 aromatic heterocycles. The normalized spacial score (nSPS) is 14.6. The standard InChI is InChI=1S/C22H27NO3.ClH.H2O/c1-25-22(24)21-9-7-19(8-10-21)16-26-17-20-11-13-23(14-12-20)15-18-5-3-2-4-6-18;;/h2-10,20H,11-17H2,1H3;1H;1H2. The van der Waals surface area contributed by atoms with Crippen LogP contribution in [0.4, 0.5) is 0 Å². The lowest BCUT2D eigenvalue weighted by molar-refractivity contribution is 0.0560. The minimum atomic E-state index is -0.306. The van der Waals surface area contributed by atoms with Crippen molar-refractivity contribution >= 4 is 18.4 Å². The number of carbonyl (C=O) groups is 1. The summed E-state index contributed by atoms with van der Waals surface area (Å²) in [7, 11) is 1.39. The monoisotopic (exact) mass is 407 g/mol. The zero-order valence-corrected chi connectivity index (χ0v) is 17.1. The van der Waals surface area contributed by atoms with Gasteiger partial charge in [-0.2, -0.15) is 0 Å². The Morgan fingerprint density at radius 2 is 1.64 bits per heavy atom. The summed E-state index contributed by atoms with van der Waals surface area (Å²) in [4.78, 5) is 14.0. The highest BCUT2D eigenvalue weighted by Gasteiger charge is 2.19. The van der Waals surface area contributed by atoms with Crippen LogP contribution in [0.3, 0.4) is 0 Å². The number of likely N-dealkylation sites (tertiary alicyclic amines) is 1. The highest BCUT2D eigenvalue weighted by Crippen LogP contribution is 2.20. The van der Waals surface area contributed by atoms with Gasteiger partial charge in [0.05, 0.1) is 19.3 Å². The first-order valence-corrected chi connectivity index (χ1v) is 9.26. The second kappa shape index (κ2) is 12.5. The summed E-state index contributed by atoms with van der Waals surface area (Å²) in [5, 5.41) is 0. The van der Waals surface area contributed by atoms with Crippen molar-refractivity contribution in [1.82, 2.24) is 4.90 Å². The van der Waals surface area contributed by atoms with E-state index in [4.69, 9.17) is 9.47 Å². The van der Waals surface area contributed by atoms with Gasteiger partial charge in [-0.05, 0) is 55.1 Å². The second-order valence-electron chi connectivity index (χ2n) is 6.91. The third-order valence-corrected chi connectivity index (χ3v) is 4.95. The van der Waals surface area contributed by atoms with Crippen LogP contribution >= 0.6 is 12.4 Å². The van der Waals surface area contributed by atoms with Crippen LogP contribution < -0.4 is 0 Å². The molecule has 0 atom stereocenters. The minimum Gasteiger partial charge on any atom is -0.465 e. The first-order valence-electron chi connectivity index (χ1n) is 9.26. The lowest BCUT2D eigenvalue weighted by Gasteiger charge is -2.31. The van der Waals surface area contributed by atoms with E-state index in [0.29, 0.717) is 18.1 Å². The van der Waals surface area contributed by atoms with Gasteiger partial charge in [0.15, 0.2) is 0 Å². The van der Waals surface area contributed by atoms with Crippen LogP contribution in [0.15, 0.2) is 54.6 Å². The summed E-state index contributed by atoms with van der Waals surface area (Å²) >= 11 is 0. The van der Waals surface area contributed by atoms with Crippen molar-refractivity contribution in [3.05, 3.63) is 71.3 Å². The highest BCUT2D eigenvalue weighted by molar-refractivity contribution is 5.89. The van der Waals surface area contributed by atoms with Gasteiger partial charge >= 0.3 is 5.97 Å². The Morgan fingerprint density at radius 3 is 2.25 bits per heavy atom. The smallest absolute Gasteiger partial charge is 0.337 e. The van der Waals surface area contributed by atoms with Crippen LogP contribution in [0.1, 0.15) is 34.3 Å². The number of rotatable bonds is 7. The first-order chi connectivity index (χ1) is 12.7. The van der Waals surface area contributed by atoms with E-state index < -0.39 is 0 Å². The predicted octanol–water partition coefficient (Wildman–Crippen LogP) is 3.50. The molecule has 0 radical (unpaired) electrons. The molecule has 5 nitrogen and oxygen atoms in total. The maximum Gasteiger partial charge on any atom is 0.337 e. The Bertz CT molecular complexity index is 685. The number of piperidine rings is 1. The number of methoxy groups -OCH3 is 1. The Balaban J connectivity index is 0.00000196. The fourth-order valence-corrected chi connectivity index (χ4v) is 3.35. The summed E-state index contributed by atoms with van der Waals surface area (Å²) in [6.45, 7) is 4.71. The van der Waals surface area contributed by atoms with E-state index in [1.165, 1.54) is 25.5 Å². The Labute approximate surface area is 173 Å². The van der Waals surface area contributed by atoms with E-state index >= 15 is 0 Å². The van der Waals surface area contributed by atoms with E-state index in [9.17, 15) is 4.79 Å². The number of carbonyl (C=O) groups excluding carboxylic acids is 1. The van der Waals surface area contributed by atoms with Gasteiger partial charge in [0, 0.05) is 13.2 Å². The SMILES string of the molecule is COC(=O)c1ccc(COCC2CCN(Cc3ccccc3)CC2)cc1.Cl.O. The molecule has 154 valence electrons. The van der Waals surface area contributed by atoms with Gasteiger partial charge in [-0.1, -0.05) is 42.5 Å². The van der Waals surface area contributed by atoms with Gasteiger partial charge in [0.25, 0.3) is 0 Å². The fraction of sp³-hybridized carbons (Fsp3) is 0.409. The van der Waals surface area contributed by atoms with E-state index in [-0.39, 0.29) is 23.9 Å². The number of halogens is 1. The van der Waals surface area contributed by atoms with Gasteiger partial charge in [-0.3, -0.25) is 4.90 Å². The second-order valence-corrected chi connectivity index (χ2v) is 6.91. The lowest BCUT2D eigenvalue weighted by atomic mass is 9.97. The fourth-order valence-electron chi connectivity index (χ4n) is 3.35. The number of ether oxygens (including phenoxy) is 2. The first kappa shape index (κ1) is 24.1. The summed E-state index contributed by atoms with van der Waals surface area (Å²) in [6, 6.07) is 18.1. The molecule has 0 aliphatic carbocycles. The predicted molar refractivity (Wildman–Crippen MR) is 113 cm³/mol. The van der Waals surface area contributed by atoms with Crippen molar-refractivity contribution in [3.63, 3.8) is 0 Å². The van der Waals surface area contributed by atoms with E-state index in [1.807, 2.05) is 12.1 Å². The number of hydrogen-bond acceptors (Lipinski definition) is 4. The van der Waals surface area contributed by atoms with Gasteiger partial charge in [0.2, 0.25) is 0 Å². The van der Waals surface area contributed by atoms with Crippen LogP contribution in [0.2, 0.25) is 0 Å². The van der Waals surface area contributed by atoms with Crippen LogP contribution in [-0.4, -0.2) is 43.2 Å². The average molecular weight is 408 g/mol.